The van der Waals surface area contributed by atoms with Crippen LogP contribution in [0.25, 0.3) is 0 Å². The lowest BCUT2D eigenvalue weighted by Crippen LogP contribution is -2.40. The summed E-state index contributed by atoms with van der Waals surface area (Å²) < 4.78 is 0. The lowest BCUT2D eigenvalue weighted by molar-refractivity contribution is -0.123. The van der Waals surface area contributed by atoms with Crippen LogP contribution in [0.2, 0.25) is 0 Å². The smallest absolute Gasteiger partial charge is 0.240 e. The Labute approximate surface area is 143 Å². The van der Waals surface area contributed by atoms with Crippen LogP contribution in [-0.4, -0.2) is 18.4 Å². The number of nitrogens with zero attached hydrogens (tertiary/aromatic N) is 1. The third-order valence-corrected chi connectivity index (χ3v) is 4.16. The summed E-state index contributed by atoms with van der Waals surface area (Å²) in [5, 5.41) is 2.94. The number of anilines is 1. The molecule has 0 aliphatic rings. The van der Waals surface area contributed by atoms with Gasteiger partial charge in [0, 0.05) is 12.6 Å². The van der Waals surface area contributed by atoms with E-state index in [4.69, 9.17) is 0 Å². The number of amides is 2. The van der Waals surface area contributed by atoms with E-state index in [-0.39, 0.29) is 24.4 Å². The van der Waals surface area contributed by atoms with E-state index < -0.39 is 0 Å². The van der Waals surface area contributed by atoms with Gasteiger partial charge in [-0.15, -0.1) is 0 Å². The quantitative estimate of drug-likeness (QED) is 0.914. The summed E-state index contributed by atoms with van der Waals surface area (Å²) in [6.07, 6.45) is 0. The summed E-state index contributed by atoms with van der Waals surface area (Å²) in [4.78, 5) is 25.8. The average Bonchev–Trinajstić information content (AvgIpc) is 2.56. The number of nitrogens with one attached hydrogen (secondary N) is 1. The van der Waals surface area contributed by atoms with E-state index in [9.17, 15) is 9.59 Å². The molecular formula is C20H24N2O2. The summed E-state index contributed by atoms with van der Waals surface area (Å²) in [5.41, 5.74) is 4.03. The van der Waals surface area contributed by atoms with Crippen LogP contribution in [0.3, 0.4) is 0 Å². The first-order chi connectivity index (χ1) is 11.4. The van der Waals surface area contributed by atoms with E-state index in [1.165, 1.54) is 11.8 Å². The molecule has 0 bridgehead atoms. The largest absolute Gasteiger partial charge is 0.348 e. The standard InChI is InChI=1S/C20H24N2O2/c1-14-10-11-19(12-15(14)2)22(17(4)23)13-20(24)21-16(3)18-8-6-5-7-9-18/h5-12,16H,13H2,1-4H3,(H,21,24). The number of carbonyl (C=O) groups is 2. The maximum atomic E-state index is 12.4. The fourth-order valence-corrected chi connectivity index (χ4v) is 2.53. The van der Waals surface area contributed by atoms with Gasteiger partial charge in [-0.2, -0.15) is 0 Å². The molecule has 4 heteroatoms. The van der Waals surface area contributed by atoms with Crippen LogP contribution in [0.4, 0.5) is 5.69 Å². The average molecular weight is 324 g/mol. The number of hydrogen-bond acceptors (Lipinski definition) is 2. The van der Waals surface area contributed by atoms with Gasteiger partial charge in [0.15, 0.2) is 0 Å². The molecule has 2 aromatic carbocycles. The number of carbonyl (C=O) groups excluding carboxylic acids is 2. The van der Waals surface area contributed by atoms with Crippen LogP contribution in [0.15, 0.2) is 48.5 Å². The van der Waals surface area contributed by atoms with Gasteiger partial charge in [0.1, 0.15) is 6.54 Å². The van der Waals surface area contributed by atoms with Crippen molar-refractivity contribution >= 4 is 17.5 Å². The molecule has 0 heterocycles. The van der Waals surface area contributed by atoms with Crippen LogP contribution in [0, 0.1) is 13.8 Å². The number of hydrogen-bond donors (Lipinski definition) is 1. The van der Waals surface area contributed by atoms with E-state index in [0.717, 1.165) is 22.4 Å². The maximum Gasteiger partial charge on any atom is 0.240 e. The molecule has 126 valence electrons. The summed E-state index contributed by atoms with van der Waals surface area (Å²) in [6.45, 7) is 7.43. The Morgan fingerprint density at radius 3 is 2.29 bits per heavy atom. The van der Waals surface area contributed by atoms with Gasteiger partial charge >= 0.3 is 0 Å². The number of rotatable bonds is 5. The third-order valence-electron chi connectivity index (χ3n) is 4.16. The second-order valence-corrected chi connectivity index (χ2v) is 6.07. The highest BCUT2D eigenvalue weighted by Gasteiger charge is 2.18. The van der Waals surface area contributed by atoms with Crippen molar-refractivity contribution in [3.63, 3.8) is 0 Å². The van der Waals surface area contributed by atoms with Crippen LogP contribution in [0.1, 0.15) is 36.6 Å². The highest BCUT2D eigenvalue weighted by Crippen LogP contribution is 2.19. The Bertz CT molecular complexity index is 726. The van der Waals surface area contributed by atoms with Crippen molar-refractivity contribution in [3.05, 3.63) is 65.2 Å². The Morgan fingerprint density at radius 1 is 1.04 bits per heavy atom. The normalized spacial score (nSPS) is 11.7. The van der Waals surface area contributed by atoms with Crippen LogP contribution >= 0.6 is 0 Å². The first-order valence-corrected chi connectivity index (χ1v) is 8.08. The second kappa shape index (κ2) is 7.77. The van der Waals surface area contributed by atoms with E-state index in [1.54, 1.807) is 0 Å². The maximum absolute atomic E-state index is 12.4. The fourth-order valence-electron chi connectivity index (χ4n) is 2.53. The minimum absolute atomic E-state index is 0.00894. The molecule has 0 aliphatic heterocycles. The Hall–Kier alpha value is -2.62. The van der Waals surface area contributed by atoms with Crippen LogP contribution in [-0.2, 0) is 9.59 Å². The molecule has 0 spiro atoms. The van der Waals surface area contributed by atoms with E-state index >= 15 is 0 Å². The molecule has 1 unspecified atom stereocenters. The number of benzene rings is 2. The van der Waals surface area contributed by atoms with Crippen molar-refractivity contribution in [3.8, 4) is 0 Å². The number of aryl methyl sites for hydroxylation is 2. The van der Waals surface area contributed by atoms with Gasteiger partial charge < -0.3 is 10.2 Å². The van der Waals surface area contributed by atoms with Gasteiger partial charge in [-0.25, -0.2) is 0 Å². The predicted molar refractivity (Wildman–Crippen MR) is 96.9 cm³/mol. The molecule has 0 saturated heterocycles. The molecule has 2 aromatic rings. The lowest BCUT2D eigenvalue weighted by Gasteiger charge is -2.23. The van der Waals surface area contributed by atoms with E-state index in [2.05, 4.69) is 5.32 Å². The lowest BCUT2D eigenvalue weighted by atomic mass is 10.1. The summed E-state index contributed by atoms with van der Waals surface area (Å²) in [5.74, 6) is -0.333. The third kappa shape index (κ3) is 4.44. The molecule has 0 fully saturated rings. The zero-order valence-corrected chi connectivity index (χ0v) is 14.7. The monoisotopic (exact) mass is 324 g/mol. The van der Waals surface area contributed by atoms with Crippen molar-refractivity contribution < 1.29 is 9.59 Å². The molecule has 0 aromatic heterocycles. The Kier molecular flexibility index (Phi) is 5.74. The molecule has 0 saturated carbocycles. The molecule has 4 nitrogen and oxygen atoms in total. The van der Waals surface area contributed by atoms with Crippen molar-refractivity contribution in [1.82, 2.24) is 5.32 Å². The molecule has 1 atom stereocenters. The van der Waals surface area contributed by atoms with Crippen molar-refractivity contribution in [2.75, 3.05) is 11.4 Å². The SMILES string of the molecule is CC(=O)N(CC(=O)NC(C)c1ccccc1)c1ccc(C)c(C)c1. The van der Waals surface area contributed by atoms with Gasteiger partial charge in [0.25, 0.3) is 0 Å². The van der Waals surface area contributed by atoms with Gasteiger partial charge in [-0.1, -0.05) is 36.4 Å². The molecule has 2 amide bonds. The molecule has 24 heavy (non-hydrogen) atoms. The van der Waals surface area contributed by atoms with Crippen LogP contribution < -0.4 is 10.2 Å². The molecule has 0 aliphatic carbocycles. The second-order valence-electron chi connectivity index (χ2n) is 6.07. The zero-order chi connectivity index (χ0) is 17.7. The highest BCUT2D eigenvalue weighted by atomic mass is 16.2. The van der Waals surface area contributed by atoms with Crippen LogP contribution in [0.5, 0.6) is 0 Å². The Balaban J connectivity index is 2.08. The van der Waals surface area contributed by atoms with Gasteiger partial charge in [-0.3, -0.25) is 9.59 Å². The van der Waals surface area contributed by atoms with Crippen molar-refractivity contribution in [1.29, 1.82) is 0 Å². The summed E-state index contributed by atoms with van der Waals surface area (Å²) >= 11 is 0. The van der Waals surface area contributed by atoms with Gasteiger partial charge in [0.05, 0.1) is 6.04 Å². The predicted octanol–water partition coefficient (Wildman–Crippen LogP) is 3.53. The van der Waals surface area contributed by atoms with Crippen molar-refractivity contribution in [2.45, 2.75) is 33.7 Å². The van der Waals surface area contributed by atoms with Gasteiger partial charge in [0.2, 0.25) is 11.8 Å². The molecular weight excluding hydrogens is 300 g/mol. The minimum Gasteiger partial charge on any atom is -0.348 e. The minimum atomic E-state index is -0.181. The van der Waals surface area contributed by atoms with Gasteiger partial charge in [-0.05, 0) is 49.6 Å². The Morgan fingerprint density at radius 2 is 1.71 bits per heavy atom. The summed E-state index contributed by atoms with van der Waals surface area (Å²) in [6, 6.07) is 15.4. The first-order valence-electron chi connectivity index (χ1n) is 8.08. The molecule has 2 rings (SSSR count). The zero-order valence-electron chi connectivity index (χ0n) is 14.7. The fraction of sp³-hybridized carbons (Fsp3) is 0.300. The van der Waals surface area contributed by atoms with E-state index in [1.807, 2.05) is 69.3 Å². The molecule has 1 N–H and O–H groups in total. The van der Waals surface area contributed by atoms with Crippen molar-refractivity contribution in [2.24, 2.45) is 0 Å². The van der Waals surface area contributed by atoms with E-state index in [0.29, 0.717) is 0 Å². The molecule has 0 radical (unpaired) electrons. The highest BCUT2D eigenvalue weighted by molar-refractivity contribution is 5.97. The first kappa shape index (κ1) is 17.7. The topological polar surface area (TPSA) is 49.4 Å². The summed E-state index contributed by atoms with van der Waals surface area (Å²) in [7, 11) is 0.